The summed E-state index contributed by atoms with van der Waals surface area (Å²) in [6.07, 6.45) is 4.63. The topological polar surface area (TPSA) is 67.4 Å². The van der Waals surface area contributed by atoms with Crippen molar-refractivity contribution < 1.29 is 9.53 Å². The van der Waals surface area contributed by atoms with Gasteiger partial charge in [0.2, 0.25) is 0 Å². The number of ether oxygens (including phenoxy) is 1. The van der Waals surface area contributed by atoms with Crippen molar-refractivity contribution in [2.75, 3.05) is 32.8 Å². The maximum absolute atomic E-state index is 12.5. The molecule has 0 aliphatic carbocycles. The van der Waals surface area contributed by atoms with Crippen LogP contribution in [0, 0.1) is 6.92 Å². The van der Waals surface area contributed by atoms with E-state index in [2.05, 4.69) is 20.2 Å². The van der Waals surface area contributed by atoms with Gasteiger partial charge in [-0.15, -0.1) is 0 Å². The highest BCUT2D eigenvalue weighted by Crippen LogP contribution is 2.21. The Morgan fingerprint density at radius 2 is 2.04 bits per heavy atom. The fraction of sp³-hybridized carbons (Fsp3) is 0.421. The number of hydrogen-bond donors (Lipinski definition) is 1. The van der Waals surface area contributed by atoms with E-state index >= 15 is 0 Å². The Labute approximate surface area is 158 Å². The number of rotatable bonds is 5. The number of benzene rings is 1. The number of carbonyl (C=O) groups is 1. The minimum atomic E-state index is -0.181. The lowest BCUT2D eigenvalue weighted by Crippen LogP contribution is -2.39. The molecule has 6 nitrogen and oxygen atoms in total. The van der Waals surface area contributed by atoms with Crippen LogP contribution in [-0.2, 0) is 4.74 Å². The summed E-state index contributed by atoms with van der Waals surface area (Å²) in [6.45, 7) is 5.47. The van der Waals surface area contributed by atoms with Crippen molar-refractivity contribution in [2.24, 2.45) is 0 Å². The van der Waals surface area contributed by atoms with Gasteiger partial charge in [-0.3, -0.25) is 9.69 Å². The number of amides is 1. The lowest BCUT2D eigenvalue weighted by Gasteiger charge is -2.30. The first-order chi connectivity index (χ1) is 12.6. The highest BCUT2D eigenvalue weighted by atomic mass is 35.5. The first kappa shape index (κ1) is 18.8. The van der Waals surface area contributed by atoms with E-state index in [9.17, 15) is 4.79 Å². The number of nitrogens with one attached hydrogen (secondary N) is 1. The summed E-state index contributed by atoms with van der Waals surface area (Å²) in [7, 11) is 0. The van der Waals surface area contributed by atoms with Crippen LogP contribution in [0.15, 0.2) is 36.7 Å². The monoisotopic (exact) mass is 374 g/mol. The normalized spacial score (nSPS) is 16.7. The molecule has 1 aromatic carbocycles. The SMILES string of the molecule is Cc1ncc(C(CNC(=O)c2ccccc2Cl)N2CCCOCC2)cn1. The first-order valence-corrected chi connectivity index (χ1v) is 9.16. The van der Waals surface area contributed by atoms with Gasteiger partial charge in [-0.05, 0) is 25.5 Å². The first-order valence-electron chi connectivity index (χ1n) is 8.78. The number of aromatic nitrogens is 2. The number of halogens is 1. The summed E-state index contributed by atoms with van der Waals surface area (Å²) < 4.78 is 5.56. The Kier molecular flexibility index (Phi) is 6.55. The van der Waals surface area contributed by atoms with Crippen LogP contribution >= 0.6 is 11.6 Å². The number of nitrogens with zero attached hydrogens (tertiary/aromatic N) is 3. The fourth-order valence-electron chi connectivity index (χ4n) is 3.04. The van der Waals surface area contributed by atoms with Crippen LogP contribution in [0.2, 0.25) is 5.02 Å². The van der Waals surface area contributed by atoms with Crippen molar-refractivity contribution >= 4 is 17.5 Å². The molecule has 3 rings (SSSR count). The molecule has 0 spiro atoms. The molecule has 1 fully saturated rings. The Morgan fingerprint density at radius 3 is 2.81 bits per heavy atom. The summed E-state index contributed by atoms with van der Waals surface area (Å²) in [5.74, 6) is 0.548. The van der Waals surface area contributed by atoms with E-state index in [0.717, 1.165) is 37.5 Å². The lowest BCUT2D eigenvalue weighted by molar-refractivity contribution is 0.0928. The Hall–Kier alpha value is -2.02. The average Bonchev–Trinajstić information content (AvgIpc) is 2.93. The summed E-state index contributed by atoms with van der Waals surface area (Å²) in [4.78, 5) is 23.5. The molecule has 0 radical (unpaired) electrons. The van der Waals surface area contributed by atoms with Gasteiger partial charge < -0.3 is 10.1 Å². The molecule has 26 heavy (non-hydrogen) atoms. The molecule has 2 heterocycles. The standard InChI is InChI=1S/C19H23ClN4O2/c1-14-21-11-15(12-22-14)18(24-7-4-9-26-10-8-24)13-23-19(25)16-5-2-3-6-17(16)20/h2-3,5-6,11-12,18H,4,7-10,13H2,1H3,(H,23,25). The summed E-state index contributed by atoms with van der Waals surface area (Å²) in [5, 5.41) is 3.46. The van der Waals surface area contributed by atoms with Crippen molar-refractivity contribution in [2.45, 2.75) is 19.4 Å². The molecule has 1 unspecified atom stereocenters. The van der Waals surface area contributed by atoms with Crippen LogP contribution in [-0.4, -0.2) is 53.6 Å². The van der Waals surface area contributed by atoms with Gasteiger partial charge in [-0.25, -0.2) is 9.97 Å². The third kappa shape index (κ3) is 4.78. The minimum absolute atomic E-state index is 0.0104. The van der Waals surface area contributed by atoms with Crippen LogP contribution in [0.25, 0.3) is 0 Å². The Bertz CT molecular complexity index is 731. The number of hydrogen-bond acceptors (Lipinski definition) is 5. The quantitative estimate of drug-likeness (QED) is 0.871. The van der Waals surface area contributed by atoms with Gasteiger partial charge in [0.1, 0.15) is 5.82 Å². The molecule has 1 N–H and O–H groups in total. The van der Waals surface area contributed by atoms with Crippen LogP contribution < -0.4 is 5.32 Å². The molecule has 2 aromatic rings. The largest absolute Gasteiger partial charge is 0.380 e. The van der Waals surface area contributed by atoms with Crippen molar-refractivity contribution in [1.29, 1.82) is 0 Å². The molecule has 0 saturated carbocycles. The van der Waals surface area contributed by atoms with Crippen molar-refractivity contribution in [3.63, 3.8) is 0 Å². The highest BCUT2D eigenvalue weighted by molar-refractivity contribution is 6.33. The molecule has 1 aliphatic rings. The average molecular weight is 375 g/mol. The van der Waals surface area contributed by atoms with Crippen LogP contribution in [0.5, 0.6) is 0 Å². The van der Waals surface area contributed by atoms with E-state index in [1.54, 1.807) is 18.2 Å². The van der Waals surface area contributed by atoms with Crippen molar-refractivity contribution in [3.05, 3.63) is 58.6 Å². The van der Waals surface area contributed by atoms with Gasteiger partial charge in [0, 0.05) is 44.2 Å². The molecule has 1 atom stereocenters. The summed E-state index contributed by atoms with van der Waals surface area (Å²) >= 11 is 6.13. The van der Waals surface area contributed by atoms with Gasteiger partial charge in [-0.1, -0.05) is 23.7 Å². The predicted octanol–water partition coefficient (Wildman–Crippen LogP) is 2.63. The number of carbonyl (C=O) groups excluding carboxylic acids is 1. The lowest BCUT2D eigenvalue weighted by atomic mass is 10.1. The smallest absolute Gasteiger partial charge is 0.252 e. The highest BCUT2D eigenvalue weighted by Gasteiger charge is 2.23. The van der Waals surface area contributed by atoms with E-state index in [4.69, 9.17) is 16.3 Å². The maximum Gasteiger partial charge on any atom is 0.252 e. The van der Waals surface area contributed by atoms with Gasteiger partial charge in [0.05, 0.1) is 23.2 Å². The molecular formula is C19H23ClN4O2. The zero-order valence-corrected chi connectivity index (χ0v) is 15.6. The molecule has 1 aromatic heterocycles. The van der Waals surface area contributed by atoms with E-state index < -0.39 is 0 Å². The summed E-state index contributed by atoms with van der Waals surface area (Å²) in [5.41, 5.74) is 1.46. The molecule has 0 bridgehead atoms. The van der Waals surface area contributed by atoms with Gasteiger partial charge >= 0.3 is 0 Å². The second-order valence-electron chi connectivity index (χ2n) is 6.27. The maximum atomic E-state index is 12.5. The van der Waals surface area contributed by atoms with Crippen LogP contribution in [0.4, 0.5) is 0 Å². The van der Waals surface area contributed by atoms with E-state index in [1.165, 1.54) is 0 Å². The number of aryl methyl sites for hydroxylation is 1. The second kappa shape index (κ2) is 9.07. The van der Waals surface area contributed by atoms with Crippen LogP contribution in [0.1, 0.15) is 34.2 Å². The predicted molar refractivity (Wildman–Crippen MR) is 100 cm³/mol. The Balaban J connectivity index is 1.75. The summed E-state index contributed by atoms with van der Waals surface area (Å²) in [6, 6.07) is 7.04. The minimum Gasteiger partial charge on any atom is -0.380 e. The third-order valence-electron chi connectivity index (χ3n) is 4.46. The fourth-order valence-corrected chi connectivity index (χ4v) is 3.26. The van der Waals surface area contributed by atoms with Crippen molar-refractivity contribution in [3.8, 4) is 0 Å². The molecule has 138 valence electrons. The molecule has 1 aliphatic heterocycles. The van der Waals surface area contributed by atoms with E-state index in [1.807, 2.05) is 25.4 Å². The van der Waals surface area contributed by atoms with Gasteiger partial charge in [-0.2, -0.15) is 0 Å². The molecule has 7 heteroatoms. The molecule has 1 saturated heterocycles. The Morgan fingerprint density at radius 1 is 1.27 bits per heavy atom. The van der Waals surface area contributed by atoms with Crippen molar-refractivity contribution in [1.82, 2.24) is 20.2 Å². The molecular weight excluding hydrogens is 352 g/mol. The van der Waals surface area contributed by atoms with E-state index in [-0.39, 0.29) is 11.9 Å². The second-order valence-corrected chi connectivity index (χ2v) is 6.68. The van der Waals surface area contributed by atoms with Crippen LogP contribution in [0.3, 0.4) is 0 Å². The third-order valence-corrected chi connectivity index (χ3v) is 4.79. The zero-order chi connectivity index (χ0) is 18.4. The van der Waals surface area contributed by atoms with Gasteiger partial charge in [0.15, 0.2) is 0 Å². The van der Waals surface area contributed by atoms with Gasteiger partial charge in [0.25, 0.3) is 5.91 Å². The molecule has 1 amide bonds. The van der Waals surface area contributed by atoms with E-state index in [0.29, 0.717) is 23.7 Å². The zero-order valence-electron chi connectivity index (χ0n) is 14.8.